The Morgan fingerprint density at radius 2 is 1.58 bits per heavy atom. The number of tetrazole rings is 1. The number of nitrogens with one attached hydrogen (secondary N) is 1. The molecule has 192 valence electrons. The van der Waals surface area contributed by atoms with Crippen molar-refractivity contribution in [2.45, 2.75) is 89.8 Å². The van der Waals surface area contributed by atoms with Gasteiger partial charge in [0.05, 0.1) is 11.6 Å². The van der Waals surface area contributed by atoms with Gasteiger partial charge in [-0.1, -0.05) is 43.7 Å². The fourth-order valence-electron chi connectivity index (χ4n) is 7.00. The van der Waals surface area contributed by atoms with Crippen molar-refractivity contribution in [1.29, 1.82) is 0 Å². The molecule has 6 rings (SSSR count). The van der Waals surface area contributed by atoms with Gasteiger partial charge < -0.3 is 4.98 Å². The number of hydrogen-bond donors (Lipinski definition) is 1. The van der Waals surface area contributed by atoms with Crippen LogP contribution >= 0.6 is 0 Å². The number of hydrogen-bond acceptors (Lipinski definition) is 6. The number of piperazine rings is 1. The van der Waals surface area contributed by atoms with Gasteiger partial charge in [0.25, 0.3) is 5.56 Å². The number of rotatable bonds is 5. The van der Waals surface area contributed by atoms with Crippen LogP contribution in [0.5, 0.6) is 0 Å². The largest absolute Gasteiger partial charge is 0.321 e. The molecule has 3 aliphatic rings. The maximum Gasteiger partial charge on any atom is 0.253 e. The van der Waals surface area contributed by atoms with E-state index in [2.05, 4.69) is 62.4 Å². The number of H-pyrrole nitrogens is 1. The van der Waals surface area contributed by atoms with E-state index in [1.165, 1.54) is 50.5 Å². The Morgan fingerprint density at radius 3 is 2.33 bits per heavy atom. The van der Waals surface area contributed by atoms with Crippen LogP contribution in [0.25, 0.3) is 10.9 Å². The van der Waals surface area contributed by atoms with E-state index in [1.54, 1.807) is 0 Å². The highest BCUT2D eigenvalue weighted by Gasteiger charge is 2.36. The van der Waals surface area contributed by atoms with Crippen LogP contribution in [0.3, 0.4) is 0 Å². The first-order chi connectivity index (χ1) is 17.6. The lowest BCUT2D eigenvalue weighted by molar-refractivity contribution is 0.0613. The van der Waals surface area contributed by atoms with Crippen LogP contribution in [0, 0.1) is 13.8 Å². The molecular formula is C28H39N7O. The van der Waals surface area contributed by atoms with Gasteiger partial charge in [-0.3, -0.25) is 14.6 Å². The van der Waals surface area contributed by atoms with Gasteiger partial charge in [-0.05, 0) is 73.0 Å². The van der Waals surface area contributed by atoms with Gasteiger partial charge in [-0.2, -0.15) is 0 Å². The molecule has 3 heterocycles. The molecule has 0 radical (unpaired) electrons. The lowest BCUT2D eigenvalue weighted by atomic mass is 9.93. The molecule has 1 atom stereocenters. The lowest BCUT2D eigenvalue weighted by Crippen LogP contribution is -2.52. The normalized spacial score (nSPS) is 21.9. The summed E-state index contributed by atoms with van der Waals surface area (Å²) in [4.78, 5) is 22.0. The quantitative estimate of drug-likeness (QED) is 0.576. The second-order valence-corrected chi connectivity index (χ2v) is 11.3. The summed E-state index contributed by atoms with van der Waals surface area (Å²) in [6, 6.07) is 7.19. The van der Waals surface area contributed by atoms with Gasteiger partial charge in [0.2, 0.25) is 0 Å². The third kappa shape index (κ3) is 4.50. The average molecular weight is 490 g/mol. The highest BCUT2D eigenvalue weighted by Crippen LogP contribution is 2.35. The summed E-state index contributed by atoms with van der Waals surface area (Å²) in [6.07, 6.45) is 11.4. The minimum atomic E-state index is -0.247. The van der Waals surface area contributed by atoms with Crippen LogP contribution in [-0.4, -0.2) is 67.2 Å². The maximum absolute atomic E-state index is 13.6. The van der Waals surface area contributed by atoms with E-state index in [4.69, 9.17) is 0 Å². The molecule has 36 heavy (non-hydrogen) atoms. The summed E-state index contributed by atoms with van der Waals surface area (Å²) in [5.74, 6) is 0.822. The van der Waals surface area contributed by atoms with E-state index in [0.717, 1.165) is 72.9 Å². The molecule has 2 saturated carbocycles. The third-order valence-corrected chi connectivity index (χ3v) is 8.86. The SMILES string of the molecule is Cc1cc(C)c2[nH]c(=O)c(C(c3nnnn3C3CCCC3)N3CCN(C4CCCCC4)CC3)cc2c1. The molecule has 0 bridgehead atoms. The van der Waals surface area contributed by atoms with Gasteiger partial charge in [0.1, 0.15) is 6.04 Å². The van der Waals surface area contributed by atoms with Crippen molar-refractivity contribution in [1.82, 2.24) is 35.0 Å². The molecule has 1 saturated heterocycles. The first kappa shape index (κ1) is 23.8. The Bertz CT molecular complexity index is 1260. The van der Waals surface area contributed by atoms with E-state index >= 15 is 0 Å². The van der Waals surface area contributed by atoms with Crippen molar-refractivity contribution in [2.24, 2.45) is 0 Å². The van der Waals surface area contributed by atoms with Crippen LogP contribution in [-0.2, 0) is 0 Å². The van der Waals surface area contributed by atoms with Crippen molar-refractivity contribution in [3.8, 4) is 0 Å². The zero-order chi connectivity index (χ0) is 24.6. The van der Waals surface area contributed by atoms with Crippen molar-refractivity contribution in [3.05, 3.63) is 51.1 Å². The van der Waals surface area contributed by atoms with Crippen LogP contribution in [0.1, 0.15) is 92.4 Å². The van der Waals surface area contributed by atoms with Gasteiger partial charge in [0, 0.05) is 37.8 Å². The van der Waals surface area contributed by atoms with E-state index < -0.39 is 0 Å². The second kappa shape index (κ2) is 10.1. The molecule has 1 N–H and O–H groups in total. The number of pyridine rings is 1. The molecule has 8 nitrogen and oxygen atoms in total. The Hall–Kier alpha value is -2.58. The molecule has 0 spiro atoms. The fraction of sp³-hybridized carbons (Fsp3) is 0.643. The van der Waals surface area contributed by atoms with Crippen LogP contribution in [0.2, 0.25) is 0 Å². The first-order valence-electron chi connectivity index (χ1n) is 14.0. The maximum atomic E-state index is 13.6. The average Bonchev–Trinajstić information content (AvgIpc) is 3.58. The highest BCUT2D eigenvalue weighted by molar-refractivity contribution is 5.83. The molecule has 2 aliphatic carbocycles. The first-order valence-corrected chi connectivity index (χ1v) is 14.0. The van der Waals surface area contributed by atoms with Gasteiger partial charge >= 0.3 is 0 Å². The molecule has 0 amide bonds. The van der Waals surface area contributed by atoms with Gasteiger partial charge in [-0.15, -0.1) is 5.10 Å². The molecule has 2 aromatic heterocycles. The van der Waals surface area contributed by atoms with Crippen molar-refractivity contribution < 1.29 is 0 Å². The van der Waals surface area contributed by atoms with E-state index in [0.29, 0.717) is 6.04 Å². The summed E-state index contributed by atoms with van der Waals surface area (Å²) in [6.45, 7) is 8.09. The predicted octanol–water partition coefficient (Wildman–Crippen LogP) is 4.29. The van der Waals surface area contributed by atoms with Crippen molar-refractivity contribution in [3.63, 3.8) is 0 Å². The monoisotopic (exact) mass is 489 g/mol. The number of aryl methyl sites for hydroxylation is 2. The molecule has 1 aliphatic heterocycles. The van der Waals surface area contributed by atoms with Gasteiger partial charge in [-0.25, -0.2) is 4.68 Å². The molecule has 3 aromatic rings. The minimum Gasteiger partial charge on any atom is -0.321 e. The zero-order valence-electron chi connectivity index (χ0n) is 21.7. The Morgan fingerprint density at radius 1 is 0.889 bits per heavy atom. The smallest absolute Gasteiger partial charge is 0.253 e. The number of benzene rings is 1. The summed E-state index contributed by atoms with van der Waals surface area (Å²) in [7, 11) is 0. The highest BCUT2D eigenvalue weighted by atomic mass is 16.1. The van der Waals surface area contributed by atoms with Crippen LogP contribution in [0.15, 0.2) is 23.0 Å². The van der Waals surface area contributed by atoms with E-state index in [-0.39, 0.29) is 11.6 Å². The summed E-state index contributed by atoms with van der Waals surface area (Å²) in [5.41, 5.74) is 3.95. The Balaban J connectivity index is 1.38. The number of fused-ring (bicyclic) bond motifs is 1. The number of nitrogens with zero attached hydrogens (tertiary/aromatic N) is 6. The molecule has 1 aromatic carbocycles. The summed E-state index contributed by atoms with van der Waals surface area (Å²) >= 11 is 0. The Kier molecular flexibility index (Phi) is 6.65. The lowest BCUT2D eigenvalue weighted by Gasteiger charge is -2.43. The van der Waals surface area contributed by atoms with Crippen molar-refractivity contribution in [2.75, 3.05) is 26.2 Å². The molecule has 3 fully saturated rings. The standard InChI is InChI=1S/C28H39N7O/c1-19-16-20(2)25-21(17-19)18-24(28(36)29-25)26(27-30-31-32-35(27)23-10-6-7-11-23)34-14-12-33(13-15-34)22-8-4-3-5-9-22/h16-18,22-23,26H,3-15H2,1-2H3,(H,29,36). The van der Waals surface area contributed by atoms with Crippen LogP contribution in [0.4, 0.5) is 0 Å². The van der Waals surface area contributed by atoms with E-state index in [9.17, 15) is 4.79 Å². The zero-order valence-corrected chi connectivity index (χ0v) is 21.7. The summed E-state index contributed by atoms with van der Waals surface area (Å²) in [5, 5.41) is 14.2. The van der Waals surface area contributed by atoms with Gasteiger partial charge in [0.15, 0.2) is 5.82 Å². The predicted molar refractivity (Wildman–Crippen MR) is 141 cm³/mol. The molecule has 8 heteroatoms. The number of aromatic amines is 1. The third-order valence-electron chi connectivity index (χ3n) is 8.86. The number of aromatic nitrogens is 5. The molecular weight excluding hydrogens is 450 g/mol. The minimum absolute atomic E-state index is 0.0323. The summed E-state index contributed by atoms with van der Waals surface area (Å²) < 4.78 is 2.04. The molecule has 1 unspecified atom stereocenters. The van der Waals surface area contributed by atoms with Crippen LogP contribution < -0.4 is 5.56 Å². The van der Waals surface area contributed by atoms with Crippen molar-refractivity contribution >= 4 is 10.9 Å². The van der Waals surface area contributed by atoms with E-state index in [1.807, 2.05) is 4.68 Å². The second-order valence-electron chi connectivity index (χ2n) is 11.3. The fourth-order valence-corrected chi connectivity index (χ4v) is 7.00. The topological polar surface area (TPSA) is 82.9 Å². The Labute approximate surface area is 213 Å².